The van der Waals surface area contributed by atoms with Crippen LogP contribution in [0.4, 0.5) is 0 Å². The highest BCUT2D eigenvalue weighted by atomic mass is 35.5. The highest BCUT2D eigenvalue weighted by Gasteiger charge is 2.14. The molecular weight excluding hydrogens is 276 g/mol. The van der Waals surface area contributed by atoms with E-state index in [1.165, 1.54) is 0 Å². The first-order valence-corrected chi connectivity index (χ1v) is 6.53. The molecule has 0 radical (unpaired) electrons. The van der Waals surface area contributed by atoms with Gasteiger partial charge in [-0.05, 0) is 29.8 Å². The highest BCUT2D eigenvalue weighted by Crippen LogP contribution is 2.17. The minimum absolute atomic E-state index is 0.201. The smallest absolute Gasteiger partial charge is 0.221 e. The van der Waals surface area contributed by atoms with Crippen LogP contribution in [0.3, 0.4) is 0 Å². The van der Waals surface area contributed by atoms with Gasteiger partial charge in [-0.25, -0.2) is 0 Å². The second-order valence-electron chi connectivity index (χ2n) is 4.26. The van der Waals surface area contributed by atoms with Crippen LogP contribution in [0.1, 0.15) is 23.8 Å². The van der Waals surface area contributed by atoms with E-state index in [-0.39, 0.29) is 12.3 Å². The van der Waals surface area contributed by atoms with Gasteiger partial charge in [-0.2, -0.15) is 5.26 Å². The van der Waals surface area contributed by atoms with E-state index >= 15 is 0 Å². The fourth-order valence-corrected chi connectivity index (χ4v) is 2.00. The number of hydrogen-bond donors (Lipinski definition) is 1. The predicted molar refractivity (Wildman–Crippen MR) is 75.0 cm³/mol. The number of carbonyl (C=O) groups excluding carboxylic acids is 1. The van der Waals surface area contributed by atoms with Gasteiger partial charge in [-0.15, -0.1) is 0 Å². The summed E-state index contributed by atoms with van der Waals surface area (Å²) in [6.45, 7) is 0. The van der Waals surface area contributed by atoms with Gasteiger partial charge in [0.2, 0.25) is 5.91 Å². The maximum atomic E-state index is 11.8. The van der Waals surface area contributed by atoms with Crippen LogP contribution in [-0.2, 0) is 11.2 Å². The van der Waals surface area contributed by atoms with Crippen molar-refractivity contribution in [2.45, 2.75) is 18.9 Å². The molecule has 0 fully saturated rings. The van der Waals surface area contributed by atoms with Crippen LogP contribution in [0.25, 0.3) is 0 Å². The molecule has 0 saturated heterocycles. The molecule has 4 nitrogen and oxygen atoms in total. The van der Waals surface area contributed by atoms with Gasteiger partial charge in [-0.1, -0.05) is 23.7 Å². The Labute approximate surface area is 122 Å². The van der Waals surface area contributed by atoms with E-state index in [9.17, 15) is 4.79 Å². The third-order valence-corrected chi connectivity index (χ3v) is 3.03. The molecule has 2 aromatic rings. The van der Waals surface area contributed by atoms with Crippen LogP contribution in [0.15, 0.2) is 47.1 Å². The topological polar surface area (TPSA) is 66.0 Å². The molecule has 1 heterocycles. The first-order chi connectivity index (χ1) is 9.69. The van der Waals surface area contributed by atoms with Crippen molar-refractivity contribution in [3.05, 3.63) is 59.0 Å². The van der Waals surface area contributed by atoms with E-state index in [4.69, 9.17) is 21.3 Å². The molecule has 5 heteroatoms. The summed E-state index contributed by atoms with van der Waals surface area (Å²) in [6.07, 6.45) is 2.34. The predicted octanol–water partition coefficient (Wildman–Crippen LogP) is 3.25. The Balaban J connectivity index is 1.93. The van der Waals surface area contributed by atoms with Gasteiger partial charge >= 0.3 is 0 Å². The lowest BCUT2D eigenvalue weighted by Gasteiger charge is -2.12. The molecule has 1 aromatic heterocycles. The Kier molecular flexibility index (Phi) is 4.80. The van der Waals surface area contributed by atoms with E-state index in [2.05, 4.69) is 11.4 Å². The molecule has 0 aliphatic rings. The summed E-state index contributed by atoms with van der Waals surface area (Å²) >= 11 is 5.88. The molecule has 0 bridgehead atoms. The molecule has 1 aromatic carbocycles. The molecule has 1 N–H and O–H groups in total. The zero-order chi connectivity index (χ0) is 14.4. The summed E-state index contributed by atoms with van der Waals surface area (Å²) < 4.78 is 5.15. The zero-order valence-electron chi connectivity index (χ0n) is 10.7. The lowest BCUT2D eigenvalue weighted by molar-refractivity contribution is -0.121. The first kappa shape index (κ1) is 14.2. The van der Waals surface area contributed by atoms with Crippen molar-refractivity contribution in [1.82, 2.24) is 5.32 Å². The van der Waals surface area contributed by atoms with Gasteiger partial charge in [0.15, 0.2) is 0 Å². The van der Waals surface area contributed by atoms with Gasteiger partial charge in [0, 0.05) is 17.9 Å². The summed E-state index contributed by atoms with van der Waals surface area (Å²) in [5, 5.41) is 12.4. The van der Waals surface area contributed by atoms with Gasteiger partial charge < -0.3 is 9.73 Å². The Morgan fingerprint density at radius 2 is 2.25 bits per heavy atom. The molecule has 0 saturated carbocycles. The fourth-order valence-electron chi connectivity index (χ4n) is 1.80. The minimum atomic E-state index is -0.696. The number of halogens is 1. The average molecular weight is 289 g/mol. The van der Waals surface area contributed by atoms with E-state index in [1.807, 2.05) is 6.07 Å². The number of nitrogens with zero attached hydrogens (tertiary/aromatic N) is 1. The van der Waals surface area contributed by atoms with Crippen LogP contribution in [0, 0.1) is 11.3 Å². The second-order valence-corrected chi connectivity index (χ2v) is 4.70. The van der Waals surface area contributed by atoms with Crippen LogP contribution in [-0.4, -0.2) is 5.91 Å². The lowest BCUT2D eigenvalue weighted by atomic mass is 10.1. The molecule has 1 atom stereocenters. The standard InChI is InChI=1S/C15H13ClN2O2/c16-12-4-1-3-11(9-12)14(10-17)18-15(19)7-6-13-5-2-8-20-13/h1-5,8-9,14H,6-7H2,(H,18,19). The van der Waals surface area contributed by atoms with Crippen molar-refractivity contribution in [3.8, 4) is 6.07 Å². The van der Waals surface area contributed by atoms with Crippen molar-refractivity contribution in [2.24, 2.45) is 0 Å². The largest absolute Gasteiger partial charge is 0.469 e. The van der Waals surface area contributed by atoms with Crippen molar-refractivity contribution in [3.63, 3.8) is 0 Å². The summed E-state index contributed by atoms with van der Waals surface area (Å²) in [5.74, 6) is 0.546. The summed E-state index contributed by atoms with van der Waals surface area (Å²) in [5.41, 5.74) is 0.673. The number of furan rings is 1. The monoisotopic (exact) mass is 288 g/mol. The second kappa shape index (κ2) is 6.78. The van der Waals surface area contributed by atoms with Gasteiger partial charge in [0.1, 0.15) is 11.8 Å². The fraction of sp³-hybridized carbons (Fsp3) is 0.200. The zero-order valence-corrected chi connectivity index (χ0v) is 11.4. The molecule has 20 heavy (non-hydrogen) atoms. The number of aryl methyl sites for hydroxylation is 1. The molecule has 0 aliphatic heterocycles. The molecule has 2 rings (SSSR count). The van der Waals surface area contributed by atoms with Crippen molar-refractivity contribution < 1.29 is 9.21 Å². The Bertz CT molecular complexity index is 617. The summed E-state index contributed by atoms with van der Waals surface area (Å²) in [6, 6.07) is 11.8. The quantitative estimate of drug-likeness (QED) is 0.918. The van der Waals surface area contributed by atoms with E-state index in [0.717, 1.165) is 5.76 Å². The Morgan fingerprint density at radius 3 is 2.90 bits per heavy atom. The van der Waals surface area contributed by atoms with Gasteiger partial charge in [0.05, 0.1) is 12.3 Å². The van der Waals surface area contributed by atoms with Crippen LogP contribution in [0.2, 0.25) is 5.02 Å². The lowest BCUT2D eigenvalue weighted by Crippen LogP contribution is -2.27. The number of hydrogen-bond acceptors (Lipinski definition) is 3. The number of nitrogens with one attached hydrogen (secondary N) is 1. The number of amides is 1. The summed E-state index contributed by atoms with van der Waals surface area (Å²) in [7, 11) is 0. The number of rotatable bonds is 5. The highest BCUT2D eigenvalue weighted by molar-refractivity contribution is 6.30. The third kappa shape index (κ3) is 3.87. The molecule has 0 aliphatic carbocycles. The van der Waals surface area contributed by atoms with Crippen LogP contribution < -0.4 is 5.32 Å². The average Bonchev–Trinajstić information content (AvgIpc) is 2.96. The van der Waals surface area contributed by atoms with Crippen LogP contribution in [0.5, 0.6) is 0 Å². The maximum Gasteiger partial charge on any atom is 0.221 e. The van der Waals surface area contributed by atoms with E-state index < -0.39 is 6.04 Å². The first-order valence-electron chi connectivity index (χ1n) is 6.16. The van der Waals surface area contributed by atoms with E-state index in [0.29, 0.717) is 17.0 Å². The molecule has 1 unspecified atom stereocenters. The number of benzene rings is 1. The van der Waals surface area contributed by atoms with Gasteiger partial charge in [-0.3, -0.25) is 4.79 Å². The van der Waals surface area contributed by atoms with E-state index in [1.54, 1.807) is 36.6 Å². The minimum Gasteiger partial charge on any atom is -0.469 e. The Morgan fingerprint density at radius 1 is 1.40 bits per heavy atom. The van der Waals surface area contributed by atoms with Crippen molar-refractivity contribution in [1.29, 1.82) is 5.26 Å². The molecule has 102 valence electrons. The van der Waals surface area contributed by atoms with Gasteiger partial charge in [0.25, 0.3) is 0 Å². The van der Waals surface area contributed by atoms with Crippen molar-refractivity contribution >= 4 is 17.5 Å². The molecule has 0 spiro atoms. The number of carbonyl (C=O) groups is 1. The number of nitriles is 1. The Hall–Kier alpha value is -2.25. The molecular formula is C15H13ClN2O2. The SMILES string of the molecule is N#CC(NC(=O)CCc1ccco1)c1cccc(Cl)c1. The normalized spacial score (nSPS) is 11.6. The molecule has 1 amide bonds. The van der Waals surface area contributed by atoms with Crippen LogP contribution >= 0.6 is 11.6 Å². The maximum absolute atomic E-state index is 11.8. The third-order valence-electron chi connectivity index (χ3n) is 2.79. The summed E-state index contributed by atoms with van der Waals surface area (Å²) in [4.78, 5) is 11.8. The van der Waals surface area contributed by atoms with Crippen molar-refractivity contribution in [2.75, 3.05) is 0 Å².